The normalized spacial score (nSPS) is 18.8. The van der Waals surface area contributed by atoms with Crippen LogP contribution in [0.5, 0.6) is 0 Å². The molecule has 1 saturated heterocycles. The van der Waals surface area contributed by atoms with E-state index in [1.54, 1.807) is 13.0 Å². The minimum absolute atomic E-state index is 0.0137. The molecule has 0 aliphatic carbocycles. The molecule has 0 bridgehead atoms. The summed E-state index contributed by atoms with van der Waals surface area (Å²) in [4.78, 5) is 43.5. The number of carboxylic acids is 1. The van der Waals surface area contributed by atoms with E-state index in [1.165, 1.54) is 5.56 Å². The van der Waals surface area contributed by atoms with Gasteiger partial charge in [0.2, 0.25) is 5.91 Å². The number of carbonyl (C=O) groups is 3. The maximum atomic E-state index is 13.4. The fourth-order valence-electron chi connectivity index (χ4n) is 5.09. The minimum atomic E-state index is -0.776. The number of unbranched alkanes of at least 4 members (excludes halogenated alkanes) is 2. The van der Waals surface area contributed by atoms with Crippen molar-refractivity contribution in [1.29, 1.82) is 0 Å². The standard InChI is InChI=1S/C29H40N4O4/c1-20-22(13-15-27(30)31-20)12-14-26(34)21(2)32-29(37)25-19-24(23-9-5-3-6-10-23)16-18-33(25)17-8-4-7-11-28(35)36/h3,5-6,9-10,13,15,21,24-25H,4,7-8,11-12,14,16-19H2,1-2H3,(H2,30,31)(H,32,37)(H,35,36)/t21-,24-,25+/m0/s1. The number of nitrogens with one attached hydrogen (secondary N) is 1. The Kier molecular flexibility index (Phi) is 10.6. The van der Waals surface area contributed by atoms with Gasteiger partial charge in [0.05, 0.1) is 12.1 Å². The van der Waals surface area contributed by atoms with Crippen molar-refractivity contribution in [2.24, 2.45) is 0 Å². The number of nitrogens with two attached hydrogens (primary N) is 1. The number of Topliss-reactive ketones (excluding diaryl/α,β-unsaturated/α-hetero) is 1. The van der Waals surface area contributed by atoms with E-state index in [9.17, 15) is 14.4 Å². The lowest BCUT2D eigenvalue weighted by Gasteiger charge is -2.39. The number of likely N-dealkylation sites (tertiary alicyclic amines) is 1. The molecule has 3 atom stereocenters. The highest BCUT2D eigenvalue weighted by molar-refractivity contribution is 5.90. The Morgan fingerprint density at radius 2 is 1.86 bits per heavy atom. The number of hydrogen-bond acceptors (Lipinski definition) is 6. The lowest BCUT2D eigenvalue weighted by atomic mass is 9.84. The highest BCUT2D eigenvalue weighted by Crippen LogP contribution is 2.32. The molecule has 37 heavy (non-hydrogen) atoms. The van der Waals surface area contributed by atoms with Gasteiger partial charge in [0.15, 0.2) is 5.78 Å². The zero-order chi connectivity index (χ0) is 26.8. The number of carboxylic acid groups (broad SMARTS) is 1. The summed E-state index contributed by atoms with van der Waals surface area (Å²) in [6.45, 7) is 5.17. The molecule has 2 aromatic rings. The van der Waals surface area contributed by atoms with Gasteiger partial charge in [0.25, 0.3) is 0 Å². The summed E-state index contributed by atoms with van der Waals surface area (Å²) in [6, 6.07) is 13.0. The van der Waals surface area contributed by atoms with E-state index in [0.29, 0.717) is 31.5 Å². The Balaban J connectivity index is 1.59. The second-order valence-electron chi connectivity index (χ2n) is 10.1. The molecule has 0 radical (unpaired) electrons. The molecule has 1 aliphatic rings. The molecule has 1 fully saturated rings. The fourth-order valence-corrected chi connectivity index (χ4v) is 5.09. The first kappa shape index (κ1) is 28.3. The minimum Gasteiger partial charge on any atom is -0.481 e. The second kappa shape index (κ2) is 13.9. The summed E-state index contributed by atoms with van der Waals surface area (Å²) in [5.74, 6) is -0.159. The van der Waals surface area contributed by atoms with E-state index in [-0.39, 0.29) is 30.1 Å². The summed E-state index contributed by atoms with van der Waals surface area (Å²) in [5, 5.41) is 11.9. The van der Waals surface area contributed by atoms with E-state index < -0.39 is 12.0 Å². The molecule has 1 aromatic carbocycles. The fraction of sp³-hybridized carbons (Fsp3) is 0.517. The van der Waals surface area contributed by atoms with Gasteiger partial charge in [-0.05, 0) is 82.2 Å². The molecule has 4 N–H and O–H groups in total. The molecule has 1 aromatic heterocycles. The van der Waals surface area contributed by atoms with Crippen LogP contribution < -0.4 is 11.1 Å². The van der Waals surface area contributed by atoms with E-state index >= 15 is 0 Å². The van der Waals surface area contributed by atoms with Crippen LogP contribution in [0.15, 0.2) is 42.5 Å². The topological polar surface area (TPSA) is 126 Å². The van der Waals surface area contributed by atoms with Crippen molar-refractivity contribution in [3.63, 3.8) is 0 Å². The third kappa shape index (κ3) is 8.67. The third-order valence-corrected chi connectivity index (χ3v) is 7.32. The van der Waals surface area contributed by atoms with Crippen LogP contribution in [0.4, 0.5) is 5.82 Å². The maximum absolute atomic E-state index is 13.4. The number of hydrogen-bond donors (Lipinski definition) is 3. The second-order valence-corrected chi connectivity index (χ2v) is 10.1. The van der Waals surface area contributed by atoms with E-state index in [1.807, 2.05) is 31.2 Å². The summed E-state index contributed by atoms with van der Waals surface area (Å²) < 4.78 is 0. The lowest BCUT2D eigenvalue weighted by molar-refractivity contribution is -0.137. The highest BCUT2D eigenvalue weighted by atomic mass is 16.4. The molecule has 8 heteroatoms. The first-order valence-electron chi connectivity index (χ1n) is 13.3. The number of pyridine rings is 1. The third-order valence-electron chi connectivity index (χ3n) is 7.32. The number of nitrogens with zero attached hydrogens (tertiary/aromatic N) is 2. The number of aryl methyl sites for hydroxylation is 2. The number of benzene rings is 1. The first-order chi connectivity index (χ1) is 17.7. The number of amides is 1. The summed E-state index contributed by atoms with van der Waals surface area (Å²) in [7, 11) is 0. The van der Waals surface area contributed by atoms with Gasteiger partial charge in [-0.3, -0.25) is 19.3 Å². The van der Waals surface area contributed by atoms with Crippen molar-refractivity contribution in [1.82, 2.24) is 15.2 Å². The van der Waals surface area contributed by atoms with Gasteiger partial charge in [-0.1, -0.05) is 42.8 Å². The van der Waals surface area contributed by atoms with Gasteiger partial charge in [0.1, 0.15) is 5.82 Å². The van der Waals surface area contributed by atoms with Crippen molar-refractivity contribution in [2.75, 3.05) is 18.8 Å². The largest absolute Gasteiger partial charge is 0.481 e. The number of piperidine rings is 1. The number of anilines is 1. The monoisotopic (exact) mass is 508 g/mol. The van der Waals surface area contributed by atoms with Crippen LogP contribution in [0.2, 0.25) is 0 Å². The van der Waals surface area contributed by atoms with Crippen LogP contribution in [0, 0.1) is 6.92 Å². The number of rotatable bonds is 13. The van der Waals surface area contributed by atoms with Crippen molar-refractivity contribution in [2.45, 2.75) is 83.2 Å². The summed E-state index contributed by atoms with van der Waals surface area (Å²) in [6.07, 6.45) is 5.00. The van der Waals surface area contributed by atoms with Gasteiger partial charge in [0, 0.05) is 18.5 Å². The van der Waals surface area contributed by atoms with Crippen LogP contribution >= 0.6 is 0 Å². The number of aromatic nitrogens is 1. The van der Waals surface area contributed by atoms with Crippen molar-refractivity contribution in [3.8, 4) is 0 Å². The number of nitrogen functional groups attached to an aromatic ring is 1. The van der Waals surface area contributed by atoms with Crippen LogP contribution in [0.1, 0.15) is 74.6 Å². The average Bonchev–Trinajstić information content (AvgIpc) is 2.88. The predicted molar refractivity (Wildman–Crippen MR) is 144 cm³/mol. The smallest absolute Gasteiger partial charge is 0.303 e. The van der Waals surface area contributed by atoms with Gasteiger partial charge in [-0.2, -0.15) is 0 Å². The molecule has 0 saturated carbocycles. The van der Waals surface area contributed by atoms with Crippen LogP contribution in [0.25, 0.3) is 0 Å². The molecule has 2 heterocycles. The van der Waals surface area contributed by atoms with Crippen LogP contribution in [-0.4, -0.2) is 57.8 Å². The number of aliphatic carboxylic acids is 1. The maximum Gasteiger partial charge on any atom is 0.303 e. The van der Waals surface area contributed by atoms with Gasteiger partial charge in [-0.15, -0.1) is 0 Å². The Morgan fingerprint density at radius 1 is 1.11 bits per heavy atom. The molecule has 3 rings (SSSR count). The molecule has 1 aliphatic heterocycles. The summed E-state index contributed by atoms with van der Waals surface area (Å²) in [5.41, 5.74) is 8.75. The molecular weight excluding hydrogens is 468 g/mol. The van der Waals surface area contributed by atoms with Gasteiger partial charge in [-0.25, -0.2) is 4.98 Å². The Bertz CT molecular complexity index is 1060. The van der Waals surface area contributed by atoms with Crippen molar-refractivity contribution >= 4 is 23.5 Å². The summed E-state index contributed by atoms with van der Waals surface area (Å²) >= 11 is 0. The Hall–Kier alpha value is -3.26. The predicted octanol–water partition coefficient (Wildman–Crippen LogP) is 3.87. The van der Waals surface area contributed by atoms with Gasteiger partial charge >= 0.3 is 5.97 Å². The van der Waals surface area contributed by atoms with E-state index in [2.05, 4.69) is 27.3 Å². The quantitative estimate of drug-likeness (QED) is 0.351. The molecule has 8 nitrogen and oxygen atoms in total. The van der Waals surface area contributed by atoms with Crippen LogP contribution in [-0.2, 0) is 20.8 Å². The molecular formula is C29H40N4O4. The van der Waals surface area contributed by atoms with Gasteiger partial charge < -0.3 is 16.2 Å². The molecule has 0 spiro atoms. The molecule has 0 unspecified atom stereocenters. The molecule has 200 valence electrons. The number of carbonyl (C=O) groups excluding carboxylic acids is 2. The highest BCUT2D eigenvalue weighted by Gasteiger charge is 2.34. The van der Waals surface area contributed by atoms with E-state index in [4.69, 9.17) is 10.8 Å². The lowest BCUT2D eigenvalue weighted by Crippen LogP contribution is -2.54. The Morgan fingerprint density at radius 3 is 2.57 bits per heavy atom. The zero-order valence-electron chi connectivity index (χ0n) is 22.0. The first-order valence-corrected chi connectivity index (χ1v) is 13.3. The SMILES string of the molecule is Cc1nc(N)ccc1CCC(=O)[C@H](C)NC(=O)[C@H]1C[C@@H](c2ccccc2)CCN1CCCCCC(=O)O. The molecule has 1 amide bonds. The van der Waals surface area contributed by atoms with Crippen molar-refractivity contribution in [3.05, 3.63) is 59.3 Å². The van der Waals surface area contributed by atoms with E-state index in [0.717, 1.165) is 43.6 Å². The van der Waals surface area contributed by atoms with Crippen LogP contribution in [0.3, 0.4) is 0 Å². The Labute approximate surface area is 219 Å². The zero-order valence-corrected chi connectivity index (χ0v) is 22.0. The number of ketones is 1. The average molecular weight is 509 g/mol. The van der Waals surface area contributed by atoms with Crippen molar-refractivity contribution < 1.29 is 19.5 Å².